The van der Waals surface area contributed by atoms with Gasteiger partial charge < -0.3 is 14.5 Å². The Morgan fingerprint density at radius 3 is 2.47 bits per heavy atom. The van der Waals surface area contributed by atoms with E-state index in [-0.39, 0.29) is 41.6 Å². The number of ether oxygens (including phenoxy) is 1. The predicted molar refractivity (Wildman–Crippen MR) is 162 cm³/mol. The molecule has 2 bridgehead atoms. The first-order chi connectivity index (χ1) is 21.9. The van der Waals surface area contributed by atoms with Crippen LogP contribution >= 0.6 is 0 Å². The van der Waals surface area contributed by atoms with Crippen molar-refractivity contribution in [1.82, 2.24) is 19.9 Å². The second-order valence-corrected chi connectivity index (χ2v) is 12.5. The number of pyridine rings is 1. The van der Waals surface area contributed by atoms with Crippen molar-refractivity contribution in [2.24, 2.45) is 0 Å². The molecule has 232 valence electrons. The Kier molecular flexibility index (Phi) is 7.57. The van der Waals surface area contributed by atoms with E-state index in [9.17, 15) is 26.8 Å². The highest BCUT2D eigenvalue weighted by atomic mass is 32.2. The number of allylic oxidation sites excluding steroid dienone is 1. The van der Waals surface area contributed by atoms with Crippen molar-refractivity contribution >= 4 is 44.1 Å². The second-order valence-electron chi connectivity index (χ2n) is 10.8. The van der Waals surface area contributed by atoms with Crippen molar-refractivity contribution < 1.29 is 32.9 Å². The topological polar surface area (TPSA) is 135 Å². The number of piperazine rings is 1. The summed E-state index contributed by atoms with van der Waals surface area (Å²) in [7, 11) is -3.18. The van der Waals surface area contributed by atoms with Crippen LogP contribution in [0.4, 0.5) is 20.3 Å². The van der Waals surface area contributed by atoms with Gasteiger partial charge in [-0.3, -0.25) is 14.3 Å². The van der Waals surface area contributed by atoms with Gasteiger partial charge in [-0.05, 0) is 61.7 Å². The number of nitrogens with one attached hydrogen (secondary N) is 1. The van der Waals surface area contributed by atoms with E-state index in [0.29, 0.717) is 47.0 Å². The smallest absolute Gasteiger partial charge is 0.264 e. The summed E-state index contributed by atoms with van der Waals surface area (Å²) < 4.78 is 69.6. The summed E-state index contributed by atoms with van der Waals surface area (Å²) in [5, 5.41) is 0.635. The van der Waals surface area contributed by atoms with Crippen LogP contribution in [0.1, 0.15) is 21.1 Å². The number of carbonyl (C=O) groups excluding carboxylic acids is 2. The zero-order valence-corrected chi connectivity index (χ0v) is 25.0. The molecule has 1 amide bonds. The molecule has 4 aromatic rings. The molecule has 0 aliphatic carbocycles. The number of amides is 1. The number of aromatic nitrogens is 3. The van der Waals surface area contributed by atoms with Crippen LogP contribution in [0.3, 0.4) is 0 Å². The minimum Gasteiger partial charge on any atom is -0.480 e. The SMILES string of the molecule is [2H]c1nc(N2C[C@H]3CC[C@@H](C2)N3C(=O)/C=C/C(C)=O)c2cc(-c3cnc(OC)c(NS(=O)(=O)c4ccc(F)cc4F)c3)ccc2n1. The van der Waals surface area contributed by atoms with Crippen LogP contribution in [0.2, 0.25) is 0 Å². The van der Waals surface area contributed by atoms with Crippen molar-refractivity contribution in [1.29, 1.82) is 0 Å². The number of anilines is 2. The van der Waals surface area contributed by atoms with Gasteiger partial charge in [-0.25, -0.2) is 32.2 Å². The minimum atomic E-state index is -4.48. The Labute approximate surface area is 259 Å². The van der Waals surface area contributed by atoms with Gasteiger partial charge in [-0.2, -0.15) is 0 Å². The highest BCUT2D eigenvalue weighted by Gasteiger charge is 2.42. The summed E-state index contributed by atoms with van der Waals surface area (Å²) in [6.07, 6.45) is 5.48. The molecule has 2 aromatic carbocycles. The van der Waals surface area contributed by atoms with Crippen molar-refractivity contribution in [2.45, 2.75) is 36.7 Å². The standard InChI is InChI=1S/C31H28F2N6O5S/c1-18(40)3-10-29(41)39-22-6-7-23(39)16-38(15-22)30-24-11-19(4-8-26(24)35-17-36-30)20-12-27(31(44-2)34-14-20)37-45(42,43)28-9-5-21(32)13-25(28)33/h3-5,8-14,17,22-23,37H,6-7,15-16H2,1-2H3/b10-3+/t22-,23+/i17D. The summed E-state index contributed by atoms with van der Waals surface area (Å²) in [6, 6.07) is 8.69. The lowest BCUT2D eigenvalue weighted by molar-refractivity contribution is -0.129. The summed E-state index contributed by atoms with van der Waals surface area (Å²) in [6.45, 7) is 2.34. The van der Waals surface area contributed by atoms with E-state index in [0.717, 1.165) is 25.0 Å². The van der Waals surface area contributed by atoms with E-state index < -0.39 is 26.6 Å². The van der Waals surface area contributed by atoms with Crippen LogP contribution in [0, 0.1) is 11.6 Å². The van der Waals surface area contributed by atoms with Crippen LogP contribution < -0.4 is 14.4 Å². The first-order valence-corrected chi connectivity index (χ1v) is 15.5. The molecule has 2 aromatic heterocycles. The first kappa shape index (κ1) is 28.8. The van der Waals surface area contributed by atoms with Crippen LogP contribution in [-0.2, 0) is 19.6 Å². The van der Waals surface area contributed by atoms with Crippen LogP contribution in [0.15, 0.2) is 72.0 Å². The minimum absolute atomic E-state index is 0.0699. The number of fused-ring (bicyclic) bond motifs is 3. The first-order valence-electron chi connectivity index (χ1n) is 14.5. The molecular weight excluding hydrogens is 606 g/mol. The summed E-state index contributed by atoms with van der Waals surface area (Å²) in [5.74, 6) is -2.13. The number of rotatable bonds is 8. The van der Waals surface area contributed by atoms with Gasteiger partial charge in [0.2, 0.25) is 11.8 Å². The van der Waals surface area contributed by atoms with Crippen molar-refractivity contribution in [3.05, 3.63) is 78.8 Å². The maximum Gasteiger partial charge on any atom is 0.264 e. The van der Waals surface area contributed by atoms with E-state index >= 15 is 0 Å². The number of carbonyl (C=O) groups is 2. The molecule has 2 aliphatic rings. The van der Waals surface area contributed by atoms with Gasteiger partial charge in [-0.15, -0.1) is 0 Å². The maximum absolute atomic E-state index is 14.4. The number of sulfonamides is 1. The van der Waals surface area contributed by atoms with Crippen LogP contribution in [0.5, 0.6) is 5.88 Å². The fourth-order valence-corrected chi connectivity index (χ4v) is 6.98. The number of nitrogens with zero attached hydrogens (tertiary/aromatic N) is 5. The van der Waals surface area contributed by atoms with Crippen LogP contribution in [0.25, 0.3) is 22.0 Å². The van der Waals surface area contributed by atoms with Gasteiger partial charge in [-0.1, -0.05) is 6.07 Å². The zero-order chi connectivity index (χ0) is 32.7. The third kappa shape index (κ3) is 5.92. The number of ketones is 1. The molecule has 0 radical (unpaired) electrons. The molecular formula is C31H28F2N6O5S. The molecule has 0 spiro atoms. The van der Waals surface area contributed by atoms with E-state index in [1.54, 1.807) is 18.2 Å². The van der Waals surface area contributed by atoms with Crippen molar-refractivity contribution in [3.8, 4) is 17.0 Å². The van der Waals surface area contributed by atoms with Gasteiger partial charge in [0, 0.05) is 54.5 Å². The van der Waals surface area contributed by atoms with Gasteiger partial charge in [0.15, 0.2) is 5.78 Å². The quantitative estimate of drug-likeness (QED) is 0.284. The number of benzene rings is 2. The highest BCUT2D eigenvalue weighted by molar-refractivity contribution is 7.92. The number of hydrogen-bond donors (Lipinski definition) is 1. The number of methoxy groups -OCH3 is 1. The Morgan fingerprint density at radius 1 is 1.02 bits per heavy atom. The molecule has 2 aliphatic heterocycles. The maximum atomic E-state index is 14.4. The Bertz CT molecular complexity index is 2010. The van der Waals surface area contributed by atoms with E-state index in [2.05, 4.69) is 19.7 Å². The summed E-state index contributed by atoms with van der Waals surface area (Å²) in [5.41, 5.74) is 1.54. The molecule has 0 saturated carbocycles. The van der Waals surface area contributed by atoms with Crippen molar-refractivity contribution in [3.63, 3.8) is 0 Å². The molecule has 4 heterocycles. The van der Waals surface area contributed by atoms with E-state index in [1.165, 1.54) is 38.4 Å². The average molecular weight is 636 g/mol. The molecule has 11 nitrogen and oxygen atoms in total. The molecule has 1 N–H and O–H groups in total. The van der Waals surface area contributed by atoms with Gasteiger partial charge >= 0.3 is 0 Å². The molecule has 14 heteroatoms. The van der Waals surface area contributed by atoms with Gasteiger partial charge in [0.05, 0.1) is 12.6 Å². The normalized spacial score (nSPS) is 18.4. The fraction of sp³-hybridized carbons (Fsp3) is 0.258. The lowest BCUT2D eigenvalue weighted by atomic mass is 10.0. The fourth-order valence-electron chi connectivity index (χ4n) is 5.87. The Balaban J connectivity index is 1.34. The molecule has 6 rings (SSSR count). The van der Waals surface area contributed by atoms with E-state index in [4.69, 9.17) is 6.11 Å². The van der Waals surface area contributed by atoms with Crippen LogP contribution in [-0.4, -0.2) is 72.2 Å². The third-order valence-electron chi connectivity index (χ3n) is 7.87. The molecule has 0 unspecified atom stereocenters. The average Bonchev–Trinajstić information content (AvgIpc) is 3.27. The molecule has 2 atom stereocenters. The lowest BCUT2D eigenvalue weighted by Gasteiger charge is -2.41. The largest absolute Gasteiger partial charge is 0.480 e. The van der Waals surface area contributed by atoms with Gasteiger partial charge in [0.1, 0.15) is 35.7 Å². The molecule has 2 saturated heterocycles. The Hall–Kier alpha value is -4.98. The Morgan fingerprint density at radius 2 is 1.78 bits per heavy atom. The highest BCUT2D eigenvalue weighted by Crippen LogP contribution is 2.37. The third-order valence-corrected chi connectivity index (χ3v) is 9.26. The van der Waals surface area contributed by atoms with Gasteiger partial charge in [0.25, 0.3) is 10.0 Å². The van der Waals surface area contributed by atoms with E-state index in [1.807, 2.05) is 9.80 Å². The predicted octanol–water partition coefficient (Wildman–Crippen LogP) is 4.10. The number of halogens is 2. The zero-order valence-electron chi connectivity index (χ0n) is 25.2. The summed E-state index contributed by atoms with van der Waals surface area (Å²) >= 11 is 0. The monoisotopic (exact) mass is 635 g/mol. The molecule has 2 fully saturated rings. The van der Waals surface area contributed by atoms with Crippen molar-refractivity contribution in [2.75, 3.05) is 29.8 Å². The number of hydrogen-bond acceptors (Lipinski definition) is 9. The second kappa shape index (κ2) is 11.8. The lowest BCUT2D eigenvalue weighted by Crippen LogP contribution is -2.55. The molecule has 45 heavy (non-hydrogen) atoms. The summed E-state index contributed by atoms with van der Waals surface area (Å²) in [4.78, 5) is 40.3.